The molecule has 0 saturated heterocycles. The Balaban J connectivity index is 1.07. The van der Waals surface area contributed by atoms with Gasteiger partial charge in [0.05, 0.1) is 7.11 Å². The molecular formula is C26H27N3O6S. The Bertz CT molecular complexity index is 1240. The number of nitrogens with one attached hydrogen (secondary N) is 2. The lowest BCUT2D eigenvalue weighted by molar-refractivity contribution is 0.0889. The van der Waals surface area contributed by atoms with Crippen LogP contribution in [0.15, 0.2) is 47.8 Å². The first-order chi connectivity index (χ1) is 17.6. The Morgan fingerprint density at radius 3 is 2.42 bits per heavy atom. The van der Waals surface area contributed by atoms with Crippen LogP contribution in [0.3, 0.4) is 0 Å². The molecule has 0 radical (unpaired) electrons. The van der Waals surface area contributed by atoms with E-state index in [0.29, 0.717) is 39.3 Å². The molecule has 2 heterocycles. The van der Waals surface area contributed by atoms with Crippen LogP contribution >= 0.6 is 11.3 Å². The van der Waals surface area contributed by atoms with Crippen LogP contribution < -0.4 is 29.6 Å². The summed E-state index contributed by atoms with van der Waals surface area (Å²) in [6.07, 6.45) is 3.14. The van der Waals surface area contributed by atoms with Crippen molar-refractivity contribution in [2.75, 3.05) is 13.9 Å². The van der Waals surface area contributed by atoms with E-state index < -0.39 is 0 Å². The van der Waals surface area contributed by atoms with Crippen molar-refractivity contribution >= 4 is 23.2 Å². The van der Waals surface area contributed by atoms with E-state index >= 15 is 0 Å². The van der Waals surface area contributed by atoms with Gasteiger partial charge in [-0.05, 0) is 56.0 Å². The smallest absolute Gasteiger partial charge is 0.270 e. The van der Waals surface area contributed by atoms with Crippen LogP contribution in [0.4, 0.5) is 0 Å². The van der Waals surface area contributed by atoms with Crippen molar-refractivity contribution < 1.29 is 28.5 Å². The fraction of sp³-hybridized carbons (Fsp3) is 0.346. The van der Waals surface area contributed by atoms with Crippen molar-refractivity contribution in [2.24, 2.45) is 0 Å². The van der Waals surface area contributed by atoms with E-state index in [2.05, 4.69) is 15.6 Å². The van der Waals surface area contributed by atoms with E-state index in [-0.39, 0.29) is 37.3 Å². The average Bonchev–Trinajstić information content (AvgIpc) is 3.58. The molecule has 1 saturated carbocycles. The van der Waals surface area contributed by atoms with Crippen molar-refractivity contribution in [1.29, 1.82) is 0 Å². The Hall–Kier alpha value is -3.79. The van der Waals surface area contributed by atoms with Crippen molar-refractivity contribution in [3.8, 4) is 23.0 Å². The third kappa shape index (κ3) is 5.54. The third-order valence-electron chi connectivity index (χ3n) is 6.24. The standard InChI is InChI=1S/C26H27N3O6S/c1-32-20-4-2-3-5-21(20)33-13-24-29-19(14-36-24)26(31)28-18-9-7-17(8-10-18)27-25(30)16-6-11-22-23(12-16)35-15-34-22/h2-6,11-12,14,17-18H,7-10,13,15H2,1H3,(H,27,30)(H,28,31). The van der Waals surface area contributed by atoms with Crippen LogP contribution in [0.1, 0.15) is 51.5 Å². The Morgan fingerprint density at radius 2 is 1.67 bits per heavy atom. The molecule has 2 aliphatic rings. The molecule has 1 aliphatic heterocycles. The van der Waals surface area contributed by atoms with Gasteiger partial charge in [0.25, 0.3) is 11.8 Å². The lowest BCUT2D eigenvalue weighted by atomic mass is 9.91. The second-order valence-electron chi connectivity index (χ2n) is 8.63. The minimum atomic E-state index is -0.192. The largest absolute Gasteiger partial charge is 0.493 e. The quantitative estimate of drug-likeness (QED) is 0.474. The monoisotopic (exact) mass is 509 g/mol. The maximum atomic E-state index is 12.7. The highest BCUT2D eigenvalue weighted by Crippen LogP contribution is 2.32. The number of hydrogen-bond donors (Lipinski definition) is 2. The molecule has 188 valence electrons. The number of benzene rings is 2. The number of nitrogens with zero attached hydrogens (tertiary/aromatic N) is 1. The lowest BCUT2D eigenvalue weighted by Crippen LogP contribution is -2.43. The number of methoxy groups -OCH3 is 1. The zero-order chi connectivity index (χ0) is 24.9. The molecule has 0 bridgehead atoms. The van der Waals surface area contributed by atoms with Crippen LogP contribution in [-0.4, -0.2) is 42.8 Å². The first-order valence-corrected chi connectivity index (χ1v) is 12.7. The summed E-state index contributed by atoms with van der Waals surface area (Å²) in [5.74, 6) is 2.19. The summed E-state index contributed by atoms with van der Waals surface area (Å²) in [5, 5.41) is 8.62. The number of carbonyl (C=O) groups excluding carboxylic acids is 2. The minimum absolute atomic E-state index is 0.0474. The van der Waals surface area contributed by atoms with Gasteiger partial charge in [0.1, 0.15) is 17.3 Å². The summed E-state index contributed by atoms with van der Waals surface area (Å²) in [6, 6.07) is 12.7. The molecule has 0 atom stereocenters. The zero-order valence-corrected chi connectivity index (χ0v) is 20.6. The first-order valence-electron chi connectivity index (χ1n) is 11.8. The summed E-state index contributed by atoms with van der Waals surface area (Å²) in [4.78, 5) is 29.8. The van der Waals surface area contributed by atoms with E-state index in [9.17, 15) is 9.59 Å². The van der Waals surface area contributed by atoms with Gasteiger partial charge in [0, 0.05) is 23.0 Å². The van der Waals surface area contributed by atoms with Crippen LogP contribution in [0, 0.1) is 0 Å². The fourth-order valence-electron chi connectivity index (χ4n) is 4.31. The van der Waals surface area contributed by atoms with Gasteiger partial charge in [-0.1, -0.05) is 12.1 Å². The van der Waals surface area contributed by atoms with Crippen molar-refractivity contribution in [1.82, 2.24) is 15.6 Å². The van der Waals surface area contributed by atoms with Crippen LogP contribution in [-0.2, 0) is 6.61 Å². The first kappa shape index (κ1) is 23.9. The second-order valence-corrected chi connectivity index (χ2v) is 9.57. The van der Waals surface area contributed by atoms with Gasteiger partial charge < -0.3 is 29.6 Å². The number of hydrogen-bond acceptors (Lipinski definition) is 8. The summed E-state index contributed by atoms with van der Waals surface area (Å²) < 4.78 is 21.7. The summed E-state index contributed by atoms with van der Waals surface area (Å²) in [5.41, 5.74) is 0.931. The van der Waals surface area contributed by atoms with Crippen molar-refractivity contribution in [3.05, 3.63) is 64.1 Å². The summed E-state index contributed by atoms with van der Waals surface area (Å²) in [7, 11) is 1.59. The van der Waals surface area contributed by atoms with Crippen LogP contribution in [0.5, 0.6) is 23.0 Å². The van der Waals surface area contributed by atoms with Gasteiger partial charge in [-0.15, -0.1) is 11.3 Å². The fourth-order valence-corrected chi connectivity index (χ4v) is 4.99. The van der Waals surface area contributed by atoms with Crippen molar-refractivity contribution in [2.45, 2.75) is 44.4 Å². The highest BCUT2D eigenvalue weighted by atomic mass is 32.1. The van der Waals surface area contributed by atoms with E-state index in [0.717, 1.165) is 25.7 Å². The number of para-hydroxylation sites is 2. The highest BCUT2D eigenvalue weighted by Gasteiger charge is 2.25. The lowest BCUT2D eigenvalue weighted by Gasteiger charge is -2.29. The summed E-state index contributed by atoms with van der Waals surface area (Å²) >= 11 is 1.38. The van der Waals surface area contributed by atoms with Crippen LogP contribution in [0.2, 0.25) is 0 Å². The van der Waals surface area contributed by atoms with Gasteiger partial charge in [0.15, 0.2) is 23.0 Å². The number of thiazole rings is 1. The maximum Gasteiger partial charge on any atom is 0.270 e. The van der Waals surface area contributed by atoms with E-state index in [1.54, 1.807) is 30.7 Å². The number of aromatic nitrogens is 1. The second kappa shape index (κ2) is 10.9. The molecule has 0 spiro atoms. The number of carbonyl (C=O) groups is 2. The van der Waals surface area contributed by atoms with Gasteiger partial charge in [-0.3, -0.25) is 9.59 Å². The molecule has 2 N–H and O–H groups in total. The highest BCUT2D eigenvalue weighted by molar-refractivity contribution is 7.09. The third-order valence-corrected chi connectivity index (χ3v) is 7.06. The molecule has 9 nitrogen and oxygen atoms in total. The average molecular weight is 510 g/mol. The molecule has 2 aromatic carbocycles. The Labute approximate surface area is 212 Å². The molecule has 1 fully saturated rings. The Kier molecular flexibility index (Phi) is 7.22. The zero-order valence-electron chi connectivity index (χ0n) is 19.8. The molecular weight excluding hydrogens is 482 g/mol. The number of ether oxygens (including phenoxy) is 4. The van der Waals surface area contributed by atoms with E-state index in [1.807, 2.05) is 24.3 Å². The molecule has 3 aromatic rings. The van der Waals surface area contributed by atoms with Gasteiger partial charge in [-0.25, -0.2) is 4.98 Å². The van der Waals surface area contributed by atoms with E-state index in [1.165, 1.54) is 11.3 Å². The predicted molar refractivity (Wildman–Crippen MR) is 133 cm³/mol. The van der Waals surface area contributed by atoms with E-state index in [4.69, 9.17) is 18.9 Å². The van der Waals surface area contributed by atoms with Gasteiger partial charge in [-0.2, -0.15) is 0 Å². The molecule has 0 unspecified atom stereocenters. The number of rotatable bonds is 8. The summed E-state index contributed by atoms with van der Waals surface area (Å²) in [6.45, 7) is 0.432. The van der Waals surface area contributed by atoms with Crippen LogP contribution in [0.25, 0.3) is 0 Å². The normalized spacial score (nSPS) is 18.4. The molecule has 2 amide bonds. The molecule has 36 heavy (non-hydrogen) atoms. The van der Waals surface area contributed by atoms with Crippen molar-refractivity contribution in [3.63, 3.8) is 0 Å². The molecule has 1 aliphatic carbocycles. The number of fused-ring (bicyclic) bond motifs is 1. The predicted octanol–water partition coefficient (Wildman–Crippen LogP) is 3.93. The minimum Gasteiger partial charge on any atom is -0.493 e. The topological polar surface area (TPSA) is 108 Å². The SMILES string of the molecule is COc1ccccc1OCc1nc(C(=O)NC2CCC(NC(=O)c3ccc4c(c3)OCO4)CC2)cs1. The van der Waals surface area contributed by atoms with Gasteiger partial charge in [0.2, 0.25) is 6.79 Å². The number of amides is 2. The maximum absolute atomic E-state index is 12.7. The molecule has 1 aromatic heterocycles. The molecule has 5 rings (SSSR count). The molecule has 10 heteroatoms. The van der Waals surface area contributed by atoms with Gasteiger partial charge >= 0.3 is 0 Å². The Morgan fingerprint density at radius 1 is 0.972 bits per heavy atom.